The maximum atomic E-state index is 10.1. The molecule has 0 aliphatic heterocycles. The lowest BCUT2D eigenvalue weighted by molar-refractivity contribution is 0.0384. The van der Waals surface area contributed by atoms with E-state index in [0.29, 0.717) is 12.5 Å². The molecule has 1 heterocycles. The van der Waals surface area contributed by atoms with Crippen molar-refractivity contribution in [1.29, 1.82) is 0 Å². The van der Waals surface area contributed by atoms with Crippen LogP contribution in [-0.4, -0.2) is 17.3 Å². The van der Waals surface area contributed by atoms with Crippen LogP contribution in [0.1, 0.15) is 32.1 Å². The third-order valence-electron chi connectivity index (χ3n) is 2.35. The Kier molecular flexibility index (Phi) is 6.13. The molecule has 1 rings (SSSR count). The van der Waals surface area contributed by atoms with E-state index >= 15 is 0 Å². The lowest BCUT2D eigenvalue weighted by atomic mass is 9.94. The molecule has 98 valence electrons. The average molecular weight is 385 g/mol. The van der Waals surface area contributed by atoms with E-state index in [9.17, 15) is 5.11 Å². The first kappa shape index (κ1) is 15.6. The zero-order valence-corrected chi connectivity index (χ0v) is 14.4. The van der Waals surface area contributed by atoms with Crippen molar-refractivity contribution in [3.8, 4) is 0 Å². The van der Waals surface area contributed by atoms with Gasteiger partial charge in [0.05, 0.1) is 9.39 Å². The van der Waals surface area contributed by atoms with Gasteiger partial charge >= 0.3 is 0 Å². The SMILES string of the molecule is CC(C)CC(C)(O)CNCc1cc(Br)c(Br)s1. The zero-order valence-electron chi connectivity index (χ0n) is 10.4. The molecule has 0 aliphatic rings. The third kappa shape index (κ3) is 5.83. The summed E-state index contributed by atoms with van der Waals surface area (Å²) in [6.45, 7) is 7.56. The molecule has 1 aromatic rings. The Morgan fingerprint density at radius 2 is 2.12 bits per heavy atom. The maximum Gasteiger partial charge on any atom is 0.0843 e. The molecule has 2 nitrogen and oxygen atoms in total. The number of hydrogen-bond acceptors (Lipinski definition) is 3. The number of hydrogen-bond donors (Lipinski definition) is 2. The first-order valence-corrected chi connectivity index (χ1v) is 8.07. The molecule has 0 amide bonds. The van der Waals surface area contributed by atoms with Gasteiger partial charge in [-0.1, -0.05) is 13.8 Å². The van der Waals surface area contributed by atoms with Crippen LogP contribution >= 0.6 is 43.2 Å². The summed E-state index contributed by atoms with van der Waals surface area (Å²) in [6, 6.07) is 2.10. The second kappa shape index (κ2) is 6.66. The Bertz CT molecular complexity index is 344. The van der Waals surface area contributed by atoms with Gasteiger partial charge in [-0.3, -0.25) is 0 Å². The number of thiophene rings is 1. The quantitative estimate of drug-likeness (QED) is 0.771. The minimum absolute atomic E-state index is 0.511. The van der Waals surface area contributed by atoms with Gasteiger partial charge in [-0.05, 0) is 57.2 Å². The minimum Gasteiger partial charge on any atom is -0.389 e. The Morgan fingerprint density at radius 1 is 1.47 bits per heavy atom. The van der Waals surface area contributed by atoms with Crippen molar-refractivity contribution < 1.29 is 5.11 Å². The highest BCUT2D eigenvalue weighted by Crippen LogP contribution is 2.32. The number of rotatable bonds is 6. The van der Waals surface area contributed by atoms with Gasteiger partial charge in [-0.15, -0.1) is 11.3 Å². The molecule has 0 radical (unpaired) electrons. The van der Waals surface area contributed by atoms with Gasteiger partial charge in [0.15, 0.2) is 0 Å². The summed E-state index contributed by atoms with van der Waals surface area (Å²) < 4.78 is 2.21. The van der Waals surface area contributed by atoms with Gasteiger partial charge in [0.25, 0.3) is 0 Å². The normalized spacial score (nSPS) is 15.2. The summed E-state index contributed by atoms with van der Waals surface area (Å²) in [7, 11) is 0. The first-order chi connectivity index (χ1) is 7.80. The number of aliphatic hydroxyl groups is 1. The molecule has 1 unspecified atom stereocenters. The fourth-order valence-corrected chi connectivity index (χ4v) is 4.03. The van der Waals surface area contributed by atoms with E-state index in [1.807, 2.05) is 6.92 Å². The van der Waals surface area contributed by atoms with Crippen LogP contribution in [0.5, 0.6) is 0 Å². The minimum atomic E-state index is -0.625. The van der Waals surface area contributed by atoms with Gasteiger partial charge in [0.2, 0.25) is 0 Å². The molecule has 5 heteroatoms. The Labute approximate surface area is 124 Å². The molecule has 17 heavy (non-hydrogen) atoms. The Hall–Kier alpha value is 0.580. The fourth-order valence-electron chi connectivity index (χ4n) is 1.89. The molecule has 0 spiro atoms. The maximum absolute atomic E-state index is 10.1. The summed E-state index contributed by atoms with van der Waals surface area (Å²) in [6.07, 6.45) is 0.817. The lowest BCUT2D eigenvalue weighted by Gasteiger charge is -2.25. The Balaban J connectivity index is 2.37. The van der Waals surface area contributed by atoms with Crippen molar-refractivity contribution in [2.45, 2.75) is 39.3 Å². The van der Waals surface area contributed by atoms with E-state index in [1.54, 1.807) is 11.3 Å². The van der Waals surface area contributed by atoms with Crippen molar-refractivity contribution in [3.05, 3.63) is 19.2 Å². The summed E-state index contributed by atoms with van der Waals surface area (Å²) in [5, 5.41) is 13.5. The summed E-state index contributed by atoms with van der Waals surface area (Å²) >= 11 is 8.65. The lowest BCUT2D eigenvalue weighted by Crippen LogP contribution is -2.38. The molecule has 1 atom stereocenters. The highest BCUT2D eigenvalue weighted by atomic mass is 79.9. The van der Waals surface area contributed by atoms with Crippen LogP contribution in [-0.2, 0) is 6.54 Å². The number of nitrogens with one attached hydrogen (secondary N) is 1. The van der Waals surface area contributed by atoms with Crippen LogP contribution in [0.15, 0.2) is 14.3 Å². The highest BCUT2D eigenvalue weighted by molar-refractivity contribution is 9.13. The van der Waals surface area contributed by atoms with Gasteiger partial charge in [0.1, 0.15) is 0 Å². The highest BCUT2D eigenvalue weighted by Gasteiger charge is 2.21. The van der Waals surface area contributed by atoms with E-state index < -0.39 is 5.60 Å². The Morgan fingerprint density at radius 3 is 2.59 bits per heavy atom. The van der Waals surface area contributed by atoms with Gasteiger partial charge in [0, 0.05) is 22.4 Å². The van der Waals surface area contributed by atoms with Crippen LogP contribution in [0.2, 0.25) is 0 Å². The van der Waals surface area contributed by atoms with E-state index in [2.05, 4.69) is 57.1 Å². The smallest absolute Gasteiger partial charge is 0.0843 e. The molecule has 0 aliphatic carbocycles. The van der Waals surface area contributed by atoms with E-state index in [4.69, 9.17) is 0 Å². The molecule has 0 bridgehead atoms. The van der Waals surface area contributed by atoms with Crippen molar-refractivity contribution in [2.24, 2.45) is 5.92 Å². The van der Waals surface area contributed by atoms with Gasteiger partial charge < -0.3 is 10.4 Å². The van der Waals surface area contributed by atoms with Crippen molar-refractivity contribution in [2.75, 3.05) is 6.54 Å². The summed E-state index contributed by atoms with van der Waals surface area (Å²) in [4.78, 5) is 1.25. The number of halogens is 2. The molecule has 0 aromatic carbocycles. The largest absolute Gasteiger partial charge is 0.389 e. The predicted octanol–water partition coefficient (Wildman–Crippen LogP) is 4.16. The van der Waals surface area contributed by atoms with Gasteiger partial charge in [-0.25, -0.2) is 0 Å². The monoisotopic (exact) mass is 383 g/mol. The summed E-state index contributed by atoms with van der Waals surface area (Å²) in [5.74, 6) is 0.511. The van der Waals surface area contributed by atoms with Crippen LogP contribution in [0.4, 0.5) is 0 Å². The molecule has 2 N–H and O–H groups in total. The summed E-state index contributed by atoms with van der Waals surface area (Å²) in [5.41, 5.74) is -0.625. The zero-order chi connectivity index (χ0) is 13.1. The molecule has 0 fully saturated rings. The topological polar surface area (TPSA) is 32.3 Å². The van der Waals surface area contributed by atoms with Crippen molar-refractivity contribution in [1.82, 2.24) is 5.32 Å². The van der Waals surface area contributed by atoms with Crippen LogP contribution in [0.25, 0.3) is 0 Å². The second-order valence-corrected chi connectivity index (χ2v) is 8.34. The third-order valence-corrected chi connectivity index (χ3v) is 5.61. The molecular formula is C12H19Br2NOS. The average Bonchev–Trinajstić information content (AvgIpc) is 2.43. The standard InChI is InChI=1S/C12H19Br2NOS/c1-8(2)5-12(3,16)7-15-6-9-4-10(13)11(14)17-9/h4,8,15-16H,5-7H2,1-3H3. The van der Waals surface area contributed by atoms with Crippen molar-refractivity contribution in [3.63, 3.8) is 0 Å². The van der Waals surface area contributed by atoms with Crippen molar-refractivity contribution >= 4 is 43.2 Å². The molecular weight excluding hydrogens is 366 g/mol. The van der Waals surface area contributed by atoms with E-state index in [-0.39, 0.29) is 0 Å². The van der Waals surface area contributed by atoms with Crippen LogP contribution in [0, 0.1) is 5.92 Å². The van der Waals surface area contributed by atoms with Crippen LogP contribution < -0.4 is 5.32 Å². The van der Waals surface area contributed by atoms with Gasteiger partial charge in [-0.2, -0.15) is 0 Å². The predicted molar refractivity (Wildman–Crippen MR) is 81.5 cm³/mol. The van der Waals surface area contributed by atoms with E-state index in [0.717, 1.165) is 21.2 Å². The molecule has 0 saturated heterocycles. The molecule has 0 saturated carbocycles. The first-order valence-electron chi connectivity index (χ1n) is 5.67. The van der Waals surface area contributed by atoms with Crippen LogP contribution in [0.3, 0.4) is 0 Å². The fraction of sp³-hybridized carbons (Fsp3) is 0.667. The molecule has 1 aromatic heterocycles. The van der Waals surface area contributed by atoms with E-state index in [1.165, 1.54) is 4.88 Å². The second-order valence-electron chi connectivity index (χ2n) is 5.03.